The van der Waals surface area contributed by atoms with Crippen LogP contribution in [0.2, 0.25) is 0 Å². The molecule has 0 aromatic heterocycles. The van der Waals surface area contributed by atoms with Crippen molar-refractivity contribution in [3.8, 4) is 5.75 Å². The minimum absolute atomic E-state index is 0.892. The summed E-state index contributed by atoms with van der Waals surface area (Å²) < 4.78 is 5.16. The molecule has 1 heterocycles. The maximum Gasteiger partial charge on any atom is 0.118 e. The number of allylic oxidation sites excluding steroid dienone is 1. The van der Waals surface area contributed by atoms with Gasteiger partial charge in [-0.05, 0) is 41.0 Å². The van der Waals surface area contributed by atoms with E-state index in [1.165, 1.54) is 21.6 Å². The first kappa shape index (κ1) is 13.1. The van der Waals surface area contributed by atoms with Crippen molar-refractivity contribution in [2.24, 2.45) is 0 Å². The van der Waals surface area contributed by atoms with Crippen LogP contribution in [0.25, 0.3) is 12.2 Å². The Morgan fingerprint density at radius 2 is 1.80 bits per heavy atom. The lowest BCUT2D eigenvalue weighted by Gasteiger charge is -2.13. The van der Waals surface area contributed by atoms with E-state index in [9.17, 15) is 0 Å². The monoisotopic (exact) mass is 280 g/mol. The number of benzene rings is 2. The zero-order valence-electron chi connectivity index (χ0n) is 11.4. The lowest BCUT2D eigenvalue weighted by molar-refractivity contribution is 0.415. The largest absolute Gasteiger partial charge is 0.497 e. The first-order valence-electron chi connectivity index (χ1n) is 6.60. The Balaban J connectivity index is 1.78. The van der Waals surface area contributed by atoms with Gasteiger partial charge in [0.2, 0.25) is 0 Å². The van der Waals surface area contributed by atoms with Crippen LogP contribution >= 0.6 is 11.8 Å². The van der Waals surface area contributed by atoms with Crippen molar-refractivity contribution < 1.29 is 4.74 Å². The molecule has 0 atom stereocenters. The zero-order chi connectivity index (χ0) is 13.8. The van der Waals surface area contributed by atoms with Gasteiger partial charge in [0.05, 0.1) is 7.11 Å². The summed E-state index contributed by atoms with van der Waals surface area (Å²) in [5.41, 5.74) is 3.86. The Bertz CT molecular complexity index is 653. The Morgan fingerprint density at radius 3 is 2.60 bits per heavy atom. The quantitative estimate of drug-likeness (QED) is 0.791. The van der Waals surface area contributed by atoms with Crippen LogP contribution in [-0.2, 0) is 0 Å². The molecule has 3 rings (SSSR count). The van der Waals surface area contributed by atoms with E-state index in [4.69, 9.17) is 4.74 Å². The Morgan fingerprint density at radius 1 is 1.00 bits per heavy atom. The Kier molecular flexibility index (Phi) is 3.93. The van der Waals surface area contributed by atoms with Gasteiger partial charge in [-0.25, -0.2) is 0 Å². The van der Waals surface area contributed by atoms with Crippen LogP contribution in [0.15, 0.2) is 65.1 Å². The summed E-state index contributed by atoms with van der Waals surface area (Å²) in [6, 6.07) is 16.6. The molecule has 100 valence electrons. The van der Waals surface area contributed by atoms with E-state index in [1.54, 1.807) is 7.11 Å². The maximum absolute atomic E-state index is 5.16. The lowest BCUT2D eigenvalue weighted by atomic mass is 10.1. The summed E-state index contributed by atoms with van der Waals surface area (Å²) in [6.07, 6.45) is 6.62. The fourth-order valence-corrected chi connectivity index (χ4v) is 3.12. The number of fused-ring (bicyclic) bond motifs is 1. The summed E-state index contributed by atoms with van der Waals surface area (Å²) in [5, 5.41) is 0. The summed E-state index contributed by atoms with van der Waals surface area (Å²) in [5.74, 6) is 1.92. The summed E-state index contributed by atoms with van der Waals surface area (Å²) in [4.78, 5) is 1.37. The van der Waals surface area contributed by atoms with Crippen molar-refractivity contribution >= 4 is 23.9 Å². The average molecular weight is 280 g/mol. The van der Waals surface area contributed by atoms with Crippen LogP contribution in [0.4, 0.5) is 0 Å². The van der Waals surface area contributed by atoms with Gasteiger partial charge >= 0.3 is 0 Å². The van der Waals surface area contributed by atoms with Gasteiger partial charge in [0.25, 0.3) is 0 Å². The smallest absolute Gasteiger partial charge is 0.118 e. The third-order valence-electron chi connectivity index (χ3n) is 3.26. The number of ether oxygens (including phenoxy) is 1. The Labute approximate surface area is 124 Å². The summed E-state index contributed by atoms with van der Waals surface area (Å²) in [7, 11) is 1.69. The maximum atomic E-state index is 5.16. The van der Waals surface area contributed by atoms with Crippen LogP contribution in [0.5, 0.6) is 5.75 Å². The molecule has 0 aliphatic carbocycles. The number of thioether (sulfide) groups is 1. The molecule has 0 unspecified atom stereocenters. The fraction of sp³-hybridized carbons (Fsp3) is 0.111. The molecule has 2 heteroatoms. The number of hydrogen-bond acceptors (Lipinski definition) is 2. The van der Waals surface area contributed by atoms with Crippen LogP contribution in [0, 0.1) is 0 Å². The van der Waals surface area contributed by atoms with Gasteiger partial charge in [0.1, 0.15) is 5.75 Å². The van der Waals surface area contributed by atoms with E-state index in [-0.39, 0.29) is 0 Å². The van der Waals surface area contributed by atoms with Gasteiger partial charge in [-0.1, -0.05) is 42.5 Å². The van der Waals surface area contributed by atoms with E-state index < -0.39 is 0 Å². The lowest BCUT2D eigenvalue weighted by Crippen LogP contribution is -1.92. The number of methoxy groups -OCH3 is 1. The van der Waals surface area contributed by atoms with E-state index in [1.807, 2.05) is 23.9 Å². The highest BCUT2D eigenvalue weighted by molar-refractivity contribution is 7.99. The van der Waals surface area contributed by atoms with Gasteiger partial charge in [-0.15, -0.1) is 11.8 Å². The van der Waals surface area contributed by atoms with Crippen molar-refractivity contribution in [3.63, 3.8) is 0 Å². The summed E-state index contributed by atoms with van der Waals surface area (Å²) in [6.45, 7) is 0. The molecule has 2 aromatic rings. The van der Waals surface area contributed by atoms with Crippen LogP contribution in [0.3, 0.4) is 0 Å². The van der Waals surface area contributed by atoms with Crippen LogP contribution < -0.4 is 4.74 Å². The minimum atomic E-state index is 0.892. The normalized spacial score (nSPS) is 13.9. The van der Waals surface area contributed by atoms with Crippen LogP contribution in [-0.4, -0.2) is 12.9 Å². The molecule has 0 saturated carbocycles. The topological polar surface area (TPSA) is 9.23 Å². The fourth-order valence-electron chi connectivity index (χ4n) is 2.15. The highest BCUT2D eigenvalue weighted by atomic mass is 32.2. The second-order valence-corrected chi connectivity index (χ2v) is 5.67. The molecule has 0 fully saturated rings. The molecule has 2 aromatic carbocycles. The molecule has 0 amide bonds. The van der Waals surface area contributed by atoms with Gasteiger partial charge in [-0.3, -0.25) is 0 Å². The van der Waals surface area contributed by atoms with Crippen molar-refractivity contribution in [3.05, 3.63) is 71.3 Å². The predicted molar refractivity (Wildman–Crippen MR) is 87.2 cm³/mol. The standard InChI is InChI=1S/C18H16OS/c1-19-17-10-8-14(9-11-17)6-7-15-12-16-4-2-3-5-18(16)20-13-15/h2-12H,13H2,1H3/b7-6+. The first-order chi connectivity index (χ1) is 9.85. The van der Waals surface area contributed by atoms with Gasteiger partial charge < -0.3 is 4.74 Å². The SMILES string of the molecule is COc1ccc(/C=C/C2=Cc3ccccc3SC2)cc1. The van der Waals surface area contributed by atoms with E-state index in [0.717, 1.165) is 11.5 Å². The highest BCUT2D eigenvalue weighted by Crippen LogP contribution is 2.32. The van der Waals surface area contributed by atoms with Gasteiger partial charge in [0.15, 0.2) is 0 Å². The molecule has 1 nitrogen and oxygen atoms in total. The first-order valence-corrected chi connectivity index (χ1v) is 7.58. The van der Waals surface area contributed by atoms with Crippen molar-refractivity contribution in [2.75, 3.05) is 12.9 Å². The van der Waals surface area contributed by atoms with Crippen molar-refractivity contribution in [1.82, 2.24) is 0 Å². The van der Waals surface area contributed by atoms with Gasteiger partial charge in [-0.2, -0.15) is 0 Å². The molecule has 1 aliphatic rings. The van der Waals surface area contributed by atoms with Gasteiger partial charge in [0, 0.05) is 10.6 Å². The minimum Gasteiger partial charge on any atom is -0.497 e. The molecule has 1 aliphatic heterocycles. The molecule has 20 heavy (non-hydrogen) atoms. The number of rotatable bonds is 3. The molecule has 0 N–H and O–H groups in total. The van der Waals surface area contributed by atoms with E-state index in [2.05, 4.69) is 54.6 Å². The molecular formula is C18H16OS. The Hall–Kier alpha value is -1.93. The second-order valence-electron chi connectivity index (χ2n) is 4.65. The van der Waals surface area contributed by atoms with Crippen molar-refractivity contribution in [2.45, 2.75) is 4.90 Å². The molecule has 0 radical (unpaired) electrons. The number of hydrogen-bond donors (Lipinski definition) is 0. The van der Waals surface area contributed by atoms with Crippen LogP contribution in [0.1, 0.15) is 11.1 Å². The third kappa shape index (κ3) is 2.97. The average Bonchev–Trinajstić information content (AvgIpc) is 2.53. The van der Waals surface area contributed by atoms with Crippen molar-refractivity contribution in [1.29, 1.82) is 0 Å². The molecule has 0 spiro atoms. The third-order valence-corrected chi connectivity index (χ3v) is 4.42. The zero-order valence-corrected chi connectivity index (χ0v) is 12.2. The second kappa shape index (κ2) is 6.02. The van der Waals surface area contributed by atoms with E-state index >= 15 is 0 Å². The molecule has 0 bridgehead atoms. The summed E-state index contributed by atoms with van der Waals surface area (Å²) >= 11 is 1.90. The molecular weight excluding hydrogens is 264 g/mol. The van der Waals surface area contributed by atoms with E-state index in [0.29, 0.717) is 0 Å². The predicted octanol–water partition coefficient (Wildman–Crippen LogP) is 4.90. The highest BCUT2D eigenvalue weighted by Gasteiger charge is 2.07. The molecule has 0 saturated heterocycles.